The number of carbonyl (C=O) groups excluding carboxylic acids is 2. The van der Waals surface area contributed by atoms with Crippen molar-refractivity contribution in [1.29, 1.82) is 0 Å². The van der Waals surface area contributed by atoms with Crippen LogP contribution in [0.25, 0.3) is 0 Å². The first-order valence-corrected chi connectivity index (χ1v) is 7.95. The van der Waals surface area contributed by atoms with Crippen molar-refractivity contribution in [2.75, 3.05) is 10.6 Å². The molecule has 0 aliphatic heterocycles. The summed E-state index contributed by atoms with van der Waals surface area (Å²) in [5, 5.41) is 8.83. The van der Waals surface area contributed by atoms with Gasteiger partial charge in [-0.05, 0) is 31.2 Å². The Morgan fingerprint density at radius 2 is 1.69 bits per heavy atom. The summed E-state index contributed by atoms with van der Waals surface area (Å²) in [5.74, 6) is 1.02. The Morgan fingerprint density at radius 1 is 1.00 bits per heavy atom. The van der Waals surface area contributed by atoms with Gasteiger partial charge in [-0.25, -0.2) is 0 Å². The molecule has 0 aliphatic carbocycles. The Bertz CT molecular complexity index is 906. The second-order valence-corrected chi connectivity index (χ2v) is 5.51. The van der Waals surface area contributed by atoms with Crippen LogP contribution in [0.15, 0.2) is 65.2 Å². The number of nitrogens with zero attached hydrogens (tertiary/aromatic N) is 1. The fraction of sp³-hybridized carbons (Fsp3) is 0.105. The molecule has 0 unspecified atom stereocenters. The van der Waals surface area contributed by atoms with Gasteiger partial charge in [0.15, 0.2) is 11.6 Å². The average Bonchev–Trinajstić information content (AvgIpc) is 3.02. The van der Waals surface area contributed by atoms with Gasteiger partial charge in [-0.1, -0.05) is 35.5 Å². The SMILES string of the molecule is Cc1cc(NC(=O)CC(=O)Nc2ccccc2Oc2ccccc2)no1. The molecule has 3 rings (SSSR count). The maximum Gasteiger partial charge on any atom is 0.235 e. The van der Waals surface area contributed by atoms with E-state index in [1.165, 1.54) is 0 Å². The van der Waals surface area contributed by atoms with Crippen molar-refractivity contribution in [1.82, 2.24) is 5.16 Å². The minimum Gasteiger partial charge on any atom is -0.455 e. The van der Waals surface area contributed by atoms with Crippen LogP contribution in [0.2, 0.25) is 0 Å². The van der Waals surface area contributed by atoms with Crippen molar-refractivity contribution >= 4 is 23.3 Å². The largest absolute Gasteiger partial charge is 0.455 e. The molecule has 7 heteroatoms. The second-order valence-electron chi connectivity index (χ2n) is 5.51. The van der Waals surface area contributed by atoms with Gasteiger partial charge in [0, 0.05) is 6.07 Å². The lowest BCUT2D eigenvalue weighted by Crippen LogP contribution is -2.21. The normalized spacial score (nSPS) is 10.2. The number of aromatic nitrogens is 1. The van der Waals surface area contributed by atoms with Gasteiger partial charge >= 0.3 is 0 Å². The number of anilines is 2. The molecule has 0 aliphatic rings. The predicted octanol–water partition coefficient (Wildman–Crippen LogP) is 3.74. The van der Waals surface area contributed by atoms with Crippen molar-refractivity contribution in [3.05, 3.63) is 66.4 Å². The van der Waals surface area contributed by atoms with Crippen LogP contribution in [-0.4, -0.2) is 17.0 Å². The van der Waals surface area contributed by atoms with E-state index >= 15 is 0 Å². The van der Waals surface area contributed by atoms with Crippen molar-refractivity contribution in [3.63, 3.8) is 0 Å². The zero-order valence-corrected chi connectivity index (χ0v) is 14.1. The van der Waals surface area contributed by atoms with E-state index in [1.807, 2.05) is 30.3 Å². The number of ether oxygens (including phenoxy) is 1. The van der Waals surface area contributed by atoms with Crippen molar-refractivity contribution in [2.45, 2.75) is 13.3 Å². The maximum atomic E-state index is 12.2. The number of hydrogen-bond donors (Lipinski definition) is 2. The molecule has 0 atom stereocenters. The lowest BCUT2D eigenvalue weighted by atomic mass is 10.2. The summed E-state index contributed by atoms with van der Waals surface area (Å²) in [7, 11) is 0. The van der Waals surface area contributed by atoms with E-state index in [4.69, 9.17) is 9.26 Å². The number of amides is 2. The van der Waals surface area contributed by atoms with Gasteiger partial charge in [0.05, 0.1) is 5.69 Å². The van der Waals surface area contributed by atoms with Gasteiger partial charge in [0.25, 0.3) is 0 Å². The molecule has 0 saturated heterocycles. The van der Waals surface area contributed by atoms with E-state index in [0.29, 0.717) is 22.9 Å². The number of benzene rings is 2. The summed E-state index contributed by atoms with van der Waals surface area (Å²) < 4.78 is 10.6. The van der Waals surface area contributed by atoms with Crippen LogP contribution in [0.5, 0.6) is 11.5 Å². The fourth-order valence-corrected chi connectivity index (χ4v) is 2.23. The Morgan fingerprint density at radius 3 is 2.42 bits per heavy atom. The molecule has 2 N–H and O–H groups in total. The lowest BCUT2D eigenvalue weighted by molar-refractivity contribution is -0.123. The molecule has 132 valence electrons. The van der Waals surface area contributed by atoms with Gasteiger partial charge in [-0.15, -0.1) is 0 Å². The summed E-state index contributed by atoms with van der Waals surface area (Å²) in [6, 6.07) is 17.8. The van der Waals surface area contributed by atoms with E-state index in [1.54, 1.807) is 37.3 Å². The number of nitrogens with one attached hydrogen (secondary N) is 2. The molecule has 0 bridgehead atoms. The Balaban J connectivity index is 1.61. The molecule has 0 radical (unpaired) electrons. The predicted molar refractivity (Wildman–Crippen MR) is 96.1 cm³/mol. The van der Waals surface area contributed by atoms with Gasteiger partial charge in [-0.2, -0.15) is 0 Å². The molecule has 2 aromatic carbocycles. The summed E-state index contributed by atoms with van der Waals surface area (Å²) in [4.78, 5) is 24.1. The highest BCUT2D eigenvalue weighted by Gasteiger charge is 2.14. The zero-order valence-electron chi connectivity index (χ0n) is 14.1. The molecule has 1 heterocycles. The van der Waals surface area contributed by atoms with Crippen LogP contribution in [0.4, 0.5) is 11.5 Å². The summed E-state index contributed by atoms with van der Waals surface area (Å²) in [6.45, 7) is 1.71. The topological polar surface area (TPSA) is 93.5 Å². The van der Waals surface area contributed by atoms with Crippen LogP contribution in [0, 0.1) is 6.92 Å². The minimum atomic E-state index is -0.489. The highest BCUT2D eigenvalue weighted by molar-refractivity contribution is 6.08. The number of rotatable bonds is 6. The van der Waals surface area contributed by atoms with Gasteiger partial charge in [0.1, 0.15) is 17.9 Å². The van der Waals surface area contributed by atoms with E-state index in [0.717, 1.165) is 0 Å². The fourth-order valence-electron chi connectivity index (χ4n) is 2.23. The smallest absolute Gasteiger partial charge is 0.235 e. The molecule has 7 nitrogen and oxygen atoms in total. The highest BCUT2D eigenvalue weighted by atomic mass is 16.5. The highest BCUT2D eigenvalue weighted by Crippen LogP contribution is 2.29. The van der Waals surface area contributed by atoms with E-state index in [-0.39, 0.29) is 12.2 Å². The van der Waals surface area contributed by atoms with Crippen LogP contribution in [0.3, 0.4) is 0 Å². The monoisotopic (exact) mass is 351 g/mol. The lowest BCUT2D eigenvalue weighted by Gasteiger charge is -2.12. The van der Waals surface area contributed by atoms with Crippen LogP contribution in [0.1, 0.15) is 12.2 Å². The maximum absolute atomic E-state index is 12.2. The summed E-state index contributed by atoms with van der Waals surface area (Å²) in [5.41, 5.74) is 0.478. The second kappa shape index (κ2) is 7.98. The number of aryl methyl sites for hydroxylation is 1. The quantitative estimate of drug-likeness (QED) is 0.660. The molecule has 0 saturated carbocycles. The minimum absolute atomic E-state index is 0.271. The summed E-state index contributed by atoms with van der Waals surface area (Å²) in [6.07, 6.45) is -0.356. The zero-order chi connectivity index (χ0) is 18.4. The third-order valence-electron chi connectivity index (χ3n) is 3.35. The van der Waals surface area contributed by atoms with Crippen molar-refractivity contribution in [2.24, 2.45) is 0 Å². The average molecular weight is 351 g/mol. The van der Waals surface area contributed by atoms with Crippen LogP contribution < -0.4 is 15.4 Å². The molecule has 26 heavy (non-hydrogen) atoms. The first-order chi connectivity index (χ1) is 12.6. The van der Waals surface area contributed by atoms with Crippen LogP contribution in [-0.2, 0) is 9.59 Å². The number of hydrogen-bond acceptors (Lipinski definition) is 5. The van der Waals surface area contributed by atoms with Crippen molar-refractivity contribution < 1.29 is 18.8 Å². The Kier molecular flexibility index (Phi) is 5.28. The molecule has 2 amide bonds. The van der Waals surface area contributed by atoms with Gasteiger partial charge in [0.2, 0.25) is 11.8 Å². The molecule has 3 aromatic rings. The third kappa shape index (κ3) is 4.70. The van der Waals surface area contributed by atoms with Crippen LogP contribution >= 0.6 is 0 Å². The van der Waals surface area contributed by atoms with Crippen molar-refractivity contribution in [3.8, 4) is 11.5 Å². The summed E-state index contributed by atoms with van der Waals surface area (Å²) >= 11 is 0. The Labute approximate surface area is 150 Å². The number of para-hydroxylation sites is 3. The molecular weight excluding hydrogens is 334 g/mol. The van der Waals surface area contributed by atoms with E-state index in [2.05, 4.69) is 15.8 Å². The van der Waals surface area contributed by atoms with Gasteiger partial charge < -0.3 is 19.9 Å². The van der Waals surface area contributed by atoms with E-state index < -0.39 is 11.8 Å². The molecule has 0 fully saturated rings. The molecule has 0 spiro atoms. The number of carbonyl (C=O) groups is 2. The standard InChI is InChI=1S/C19H17N3O4/c1-13-11-17(22-26-13)21-19(24)12-18(23)20-15-9-5-6-10-16(15)25-14-7-3-2-4-8-14/h2-11H,12H2,1H3,(H,20,23)(H,21,22,24). The van der Waals surface area contributed by atoms with Gasteiger partial charge in [-0.3, -0.25) is 9.59 Å². The first-order valence-electron chi connectivity index (χ1n) is 7.95. The Hall–Kier alpha value is -3.61. The molecule has 1 aromatic heterocycles. The first kappa shape index (κ1) is 17.2. The van der Waals surface area contributed by atoms with E-state index in [9.17, 15) is 9.59 Å². The molecular formula is C19H17N3O4. The third-order valence-corrected chi connectivity index (χ3v) is 3.35.